The standard InChI is InChI=1S/C13H15Br2F3N2/c14-9-1-2-11(15)10(7-9)12(8-13(16,17)18)20-5-3-19-4-6-20/h1-2,7,12,19H,3-6,8H2/t12-/m0/s1. The van der Waals surface area contributed by atoms with Gasteiger partial charge >= 0.3 is 6.18 Å². The minimum atomic E-state index is -4.18. The van der Waals surface area contributed by atoms with Gasteiger partial charge in [0.15, 0.2) is 0 Å². The van der Waals surface area contributed by atoms with Gasteiger partial charge in [0, 0.05) is 41.2 Å². The minimum absolute atomic E-state index is 0.625. The van der Waals surface area contributed by atoms with Gasteiger partial charge in [0.1, 0.15) is 0 Å². The van der Waals surface area contributed by atoms with Crippen LogP contribution < -0.4 is 5.32 Å². The molecule has 112 valence electrons. The topological polar surface area (TPSA) is 15.3 Å². The second kappa shape index (κ2) is 6.77. The first kappa shape index (κ1) is 16.3. The van der Waals surface area contributed by atoms with Gasteiger partial charge in [-0.05, 0) is 23.8 Å². The molecule has 1 heterocycles. The zero-order valence-electron chi connectivity index (χ0n) is 10.7. The lowest BCUT2D eigenvalue weighted by molar-refractivity contribution is -0.148. The van der Waals surface area contributed by atoms with Gasteiger partial charge in [0.2, 0.25) is 0 Å². The monoisotopic (exact) mass is 414 g/mol. The molecule has 0 radical (unpaired) electrons. The molecule has 0 bridgehead atoms. The van der Waals surface area contributed by atoms with Gasteiger partial charge in [-0.25, -0.2) is 0 Å². The van der Waals surface area contributed by atoms with E-state index in [2.05, 4.69) is 37.2 Å². The second-order valence-electron chi connectivity index (χ2n) is 4.79. The molecule has 2 nitrogen and oxygen atoms in total. The summed E-state index contributed by atoms with van der Waals surface area (Å²) in [6, 6.07) is 4.72. The first-order valence-electron chi connectivity index (χ1n) is 6.33. The van der Waals surface area contributed by atoms with Crippen LogP contribution in [0.25, 0.3) is 0 Å². The summed E-state index contributed by atoms with van der Waals surface area (Å²) in [5.41, 5.74) is 0.679. The van der Waals surface area contributed by atoms with Gasteiger partial charge in [-0.3, -0.25) is 4.90 Å². The lowest BCUT2D eigenvalue weighted by Crippen LogP contribution is -2.46. The third-order valence-corrected chi connectivity index (χ3v) is 4.55. The molecule has 0 aromatic heterocycles. The van der Waals surface area contributed by atoms with Crippen molar-refractivity contribution in [2.24, 2.45) is 0 Å². The Morgan fingerprint density at radius 3 is 2.45 bits per heavy atom. The Balaban J connectivity index is 2.31. The lowest BCUT2D eigenvalue weighted by atomic mass is 10.0. The third kappa shape index (κ3) is 4.44. The fourth-order valence-corrected chi connectivity index (χ4v) is 3.31. The van der Waals surface area contributed by atoms with Crippen molar-refractivity contribution in [3.05, 3.63) is 32.7 Å². The minimum Gasteiger partial charge on any atom is -0.314 e. The number of rotatable bonds is 3. The lowest BCUT2D eigenvalue weighted by Gasteiger charge is -2.36. The second-order valence-corrected chi connectivity index (χ2v) is 6.56. The maximum absolute atomic E-state index is 12.9. The molecule has 0 aliphatic carbocycles. The average molecular weight is 416 g/mol. The molecular formula is C13H15Br2F3N2. The summed E-state index contributed by atoms with van der Waals surface area (Å²) in [5.74, 6) is 0. The Kier molecular flexibility index (Phi) is 5.50. The Morgan fingerprint density at radius 1 is 1.20 bits per heavy atom. The summed E-state index contributed by atoms with van der Waals surface area (Å²) < 4.78 is 40.2. The maximum Gasteiger partial charge on any atom is 0.390 e. The van der Waals surface area contributed by atoms with Gasteiger partial charge in [-0.15, -0.1) is 0 Å². The zero-order valence-corrected chi connectivity index (χ0v) is 13.9. The summed E-state index contributed by atoms with van der Waals surface area (Å²) in [7, 11) is 0. The van der Waals surface area contributed by atoms with E-state index in [1.54, 1.807) is 12.1 Å². The van der Waals surface area contributed by atoms with E-state index in [1.807, 2.05) is 11.0 Å². The number of alkyl halides is 3. The van der Waals surface area contributed by atoms with Crippen LogP contribution in [0.3, 0.4) is 0 Å². The Bertz CT molecular complexity index is 459. The van der Waals surface area contributed by atoms with E-state index in [0.717, 1.165) is 17.6 Å². The average Bonchev–Trinajstić information content (AvgIpc) is 2.39. The van der Waals surface area contributed by atoms with Crippen LogP contribution in [0, 0.1) is 0 Å². The fraction of sp³-hybridized carbons (Fsp3) is 0.538. The molecule has 0 amide bonds. The molecule has 1 saturated heterocycles. The van der Waals surface area contributed by atoms with Crippen LogP contribution in [0.15, 0.2) is 27.1 Å². The highest BCUT2D eigenvalue weighted by molar-refractivity contribution is 9.11. The van der Waals surface area contributed by atoms with Crippen LogP contribution in [0.2, 0.25) is 0 Å². The summed E-state index contributed by atoms with van der Waals surface area (Å²) >= 11 is 6.71. The third-order valence-electron chi connectivity index (χ3n) is 3.33. The van der Waals surface area contributed by atoms with Crippen LogP contribution in [0.4, 0.5) is 13.2 Å². The van der Waals surface area contributed by atoms with Crippen molar-refractivity contribution < 1.29 is 13.2 Å². The molecule has 20 heavy (non-hydrogen) atoms. The van der Waals surface area contributed by atoms with Crippen molar-refractivity contribution in [1.82, 2.24) is 10.2 Å². The SMILES string of the molecule is FC(F)(F)C[C@@H](c1cc(Br)ccc1Br)N1CCNCC1. The van der Waals surface area contributed by atoms with Crippen molar-refractivity contribution in [2.75, 3.05) is 26.2 Å². The molecule has 1 aliphatic heterocycles. The molecule has 0 unspecified atom stereocenters. The zero-order chi connectivity index (χ0) is 14.8. The number of halogens is 5. The smallest absolute Gasteiger partial charge is 0.314 e. The predicted octanol–water partition coefficient (Wildman–Crippen LogP) is 4.11. The Labute approximate surface area is 133 Å². The molecule has 0 saturated carbocycles. The number of nitrogens with one attached hydrogen (secondary N) is 1. The van der Waals surface area contributed by atoms with Crippen LogP contribution >= 0.6 is 31.9 Å². The summed E-state index contributed by atoms with van der Waals surface area (Å²) in [6.45, 7) is 2.69. The van der Waals surface area contributed by atoms with Crippen LogP contribution in [0.1, 0.15) is 18.0 Å². The van der Waals surface area contributed by atoms with E-state index in [0.29, 0.717) is 23.1 Å². The first-order valence-corrected chi connectivity index (χ1v) is 7.92. The van der Waals surface area contributed by atoms with Gasteiger partial charge in [-0.1, -0.05) is 31.9 Å². The number of benzene rings is 1. The highest BCUT2D eigenvalue weighted by Gasteiger charge is 2.36. The largest absolute Gasteiger partial charge is 0.390 e. The summed E-state index contributed by atoms with van der Waals surface area (Å²) in [6.07, 6.45) is -5.01. The molecule has 0 spiro atoms. The highest BCUT2D eigenvalue weighted by Crippen LogP contribution is 2.38. The van der Waals surface area contributed by atoms with Crippen molar-refractivity contribution >= 4 is 31.9 Å². The Morgan fingerprint density at radius 2 is 1.85 bits per heavy atom. The molecule has 7 heteroatoms. The molecule has 1 aliphatic rings. The van der Waals surface area contributed by atoms with Crippen LogP contribution in [0.5, 0.6) is 0 Å². The first-order chi connectivity index (χ1) is 9.37. The van der Waals surface area contributed by atoms with Gasteiger partial charge in [0.05, 0.1) is 6.42 Å². The maximum atomic E-state index is 12.9. The summed E-state index contributed by atoms with van der Waals surface area (Å²) in [5, 5.41) is 3.17. The number of hydrogen-bond acceptors (Lipinski definition) is 2. The van der Waals surface area contributed by atoms with E-state index >= 15 is 0 Å². The number of nitrogens with zero attached hydrogens (tertiary/aromatic N) is 1. The molecule has 1 atom stereocenters. The quantitative estimate of drug-likeness (QED) is 0.799. The van der Waals surface area contributed by atoms with Crippen LogP contribution in [-0.4, -0.2) is 37.3 Å². The van der Waals surface area contributed by atoms with E-state index in [1.165, 1.54) is 0 Å². The van der Waals surface area contributed by atoms with Crippen LogP contribution in [-0.2, 0) is 0 Å². The molecule has 1 aromatic rings. The predicted molar refractivity (Wildman–Crippen MR) is 79.7 cm³/mol. The molecule has 2 rings (SSSR count). The van der Waals surface area contributed by atoms with Gasteiger partial charge in [-0.2, -0.15) is 13.2 Å². The van der Waals surface area contributed by atoms with E-state index in [9.17, 15) is 13.2 Å². The number of hydrogen-bond donors (Lipinski definition) is 1. The fourth-order valence-electron chi connectivity index (χ4n) is 2.42. The highest BCUT2D eigenvalue weighted by atomic mass is 79.9. The molecule has 1 fully saturated rings. The van der Waals surface area contributed by atoms with E-state index in [4.69, 9.17) is 0 Å². The van der Waals surface area contributed by atoms with Gasteiger partial charge < -0.3 is 5.32 Å². The van der Waals surface area contributed by atoms with E-state index < -0.39 is 18.6 Å². The van der Waals surface area contributed by atoms with Crippen molar-refractivity contribution in [3.63, 3.8) is 0 Å². The van der Waals surface area contributed by atoms with Gasteiger partial charge in [0.25, 0.3) is 0 Å². The molecule has 1 N–H and O–H groups in total. The Hall–Kier alpha value is -0.110. The van der Waals surface area contributed by atoms with Crippen molar-refractivity contribution in [2.45, 2.75) is 18.6 Å². The number of piperazine rings is 1. The normalized spacial score (nSPS) is 19.1. The van der Waals surface area contributed by atoms with E-state index in [-0.39, 0.29) is 0 Å². The van der Waals surface area contributed by atoms with Crippen molar-refractivity contribution in [1.29, 1.82) is 0 Å². The van der Waals surface area contributed by atoms with Crippen molar-refractivity contribution in [3.8, 4) is 0 Å². The summed E-state index contributed by atoms with van der Waals surface area (Å²) in [4.78, 5) is 1.90. The molecule has 1 aromatic carbocycles. The molecular weight excluding hydrogens is 401 g/mol.